The topological polar surface area (TPSA) is 55.0 Å². The average Bonchev–Trinajstić information content (AvgIpc) is 2.76. The number of nitrogens with two attached hydrogens (primary N) is 1. The Kier molecular flexibility index (Phi) is 3.88. The van der Waals surface area contributed by atoms with Crippen LogP contribution in [0.1, 0.15) is 16.1 Å². The van der Waals surface area contributed by atoms with Crippen molar-refractivity contribution in [2.45, 2.75) is 13.5 Å². The van der Waals surface area contributed by atoms with Crippen molar-refractivity contribution in [1.29, 1.82) is 0 Å². The van der Waals surface area contributed by atoms with E-state index >= 15 is 0 Å². The predicted molar refractivity (Wildman–Crippen MR) is 79.1 cm³/mol. The third-order valence-corrected chi connectivity index (χ3v) is 3.66. The van der Waals surface area contributed by atoms with Crippen LogP contribution in [-0.4, -0.2) is 22.2 Å². The Balaban J connectivity index is 2.14. The molecule has 0 unspecified atom stereocenters. The summed E-state index contributed by atoms with van der Waals surface area (Å²) in [6, 6.07) is 7.93. The molecule has 0 saturated carbocycles. The van der Waals surface area contributed by atoms with Gasteiger partial charge in [0.05, 0.1) is 0 Å². The zero-order valence-corrected chi connectivity index (χ0v) is 11.9. The predicted octanol–water partition coefficient (Wildman–Crippen LogP) is 2.12. The van der Waals surface area contributed by atoms with Gasteiger partial charge in [-0.1, -0.05) is 41.8 Å². The second kappa shape index (κ2) is 5.41. The van der Waals surface area contributed by atoms with Gasteiger partial charge in [-0.05, 0) is 18.6 Å². The monoisotopic (exact) mass is 278 g/mol. The molecule has 1 aromatic heterocycles. The molecule has 6 heteroatoms. The van der Waals surface area contributed by atoms with Crippen molar-refractivity contribution in [3.05, 3.63) is 40.4 Å². The van der Waals surface area contributed by atoms with E-state index in [-0.39, 0.29) is 0 Å². The van der Waals surface area contributed by atoms with Gasteiger partial charge in [0.1, 0.15) is 10.00 Å². The first-order valence-corrected chi connectivity index (χ1v) is 6.68. The van der Waals surface area contributed by atoms with E-state index in [1.165, 1.54) is 0 Å². The van der Waals surface area contributed by atoms with Gasteiger partial charge >= 0.3 is 0 Å². The van der Waals surface area contributed by atoms with Crippen LogP contribution in [0.25, 0.3) is 0 Å². The number of benzene rings is 1. The Morgan fingerprint density at radius 2 is 2.22 bits per heavy atom. The maximum Gasteiger partial charge on any atom is 0.208 e. The van der Waals surface area contributed by atoms with E-state index in [0.29, 0.717) is 4.99 Å². The zero-order chi connectivity index (χ0) is 13.1. The van der Waals surface area contributed by atoms with E-state index in [2.05, 4.69) is 15.1 Å². The fourth-order valence-electron chi connectivity index (χ4n) is 1.60. The summed E-state index contributed by atoms with van der Waals surface area (Å²) in [7, 11) is 1.99. The van der Waals surface area contributed by atoms with Crippen LogP contribution in [0.4, 0.5) is 5.13 Å². The van der Waals surface area contributed by atoms with Gasteiger partial charge in [-0.25, -0.2) is 0 Å². The third-order valence-electron chi connectivity index (χ3n) is 2.47. The second-order valence-electron chi connectivity index (χ2n) is 4.02. The molecule has 0 atom stereocenters. The van der Waals surface area contributed by atoms with Crippen LogP contribution >= 0.6 is 23.6 Å². The number of thiocarbonyl (C=S) groups is 1. The normalized spacial score (nSPS) is 10.3. The van der Waals surface area contributed by atoms with E-state index in [1.807, 2.05) is 38.2 Å². The number of aryl methyl sites for hydroxylation is 1. The number of anilines is 1. The van der Waals surface area contributed by atoms with Gasteiger partial charge in [0, 0.05) is 19.2 Å². The molecule has 0 aliphatic rings. The summed E-state index contributed by atoms with van der Waals surface area (Å²) in [6.45, 7) is 2.70. The minimum absolute atomic E-state index is 0.422. The van der Waals surface area contributed by atoms with E-state index in [1.54, 1.807) is 11.3 Å². The summed E-state index contributed by atoms with van der Waals surface area (Å²) in [4.78, 5) is 2.48. The molecule has 18 heavy (non-hydrogen) atoms. The van der Waals surface area contributed by atoms with Crippen molar-refractivity contribution in [3.63, 3.8) is 0 Å². The highest BCUT2D eigenvalue weighted by atomic mass is 32.1. The van der Waals surface area contributed by atoms with Crippen LogP contribution in [0.2, 0.25) is 0 Å². The molecule has 0 radical (unpaired) electrons. The number of nitrogens with zero attached hydrogens (tertiary/aromatic N) is 3. The van der Waals surface area contributed by atoms with Gasteiger partial charge in [-0.15, -0.1) is 10.2 Å². The second-order valence-corrected chi connectivity index (χ2v) is 5.62. The van der Waals surface area contributed by atoms with Crippen LogP contribution in [0.5, 0.6) is 0 Å². The number of hydrogen-bond acceptors (Lipinski definition) is 5. The maximum absolute atomic E-state index is 5.63. The van der Waals surface area contributed by atoms with E-state index in [0.717, 1.165) is 27.8 Å². The lowest BCUT2D eigenvalue weighted by molar-refractivity contribution is 0.890. The fraction of sp³-hybridized carbons (Fsp3) is 0.250. The molecule has 1 aromatic carbocycles. The van der Waals surface area contributed by atoms with Gasteiger partial charge < -0.3 is 10.6 Å². The van der Waals surface area contributed by atoms with Crippen molar-refractivity contribution in [3.8, 4) is 0 Å². The average molecular weight is 278 g/mol. The highest BCUT2D eigenvalue weighted by Crippen LogP contribution is 2.20. The largest absolute Gasteiger partial charge is 0.389 e. The molecule has 0 aliphatic carbocycles. The Morgan fingerprint density at radius 3 is 2.83 bits per heavy atom. The smallest absolute Gasteiger partial charge is 0.208 e. The highest BCUT2D eigenvalue weighted by molar-refractivity contribution is 7.80. The van der Waals surface area contributed by atoms with E-state index < -0.39 is 0 Å². The van der Waals surface area contributed by atoms with Crippen LogP contribution in [0.15, 0.2) is 24.3 Å². The Labute approximate surface area is 115 Å². The third kappa shape index (κ3) is 3.02. The van der Waals surface area contributed by atoms with Crippen molar-refractivity contribution >= 4 is 33.7 Å². The molecule has 0 amide bonds. The van der Waals surface area contributed by atoms with Crippen molar-refractivity contribution in [2.24, 2.45) is 5.73 Å². The number of aromatic nitrogens is 2. The summed E-state index contributed by atoms with van der Waals surface area (Å²) in [5.41, 5.74) is 7.67. The summed E-state index contributed by atoms with van der Waals surface area (Å²) < 4.78 is 0. The van der Waals surface area contributed by atoms with Crippen molar-refractivity contribution < 1.29 is 0 Å². The van der Waals surface area contributed by atoms with Gasteiger partial charge in [-0.3, -0.25) is 0 Å². The zero-order valence-electron chi connectivity index (χ0n) is 10.3. The molecular weight excluding hydrogens is 264 g/mol. The molecule has 2 N–H and O–H groups in total. The molecule has 0 spiro atoms. The number of rotatable bonds is 4. The Bertz CT molecular complexity index is 565. The van der Waals surface area contributed by atoms with Crippen LogP contribution in [0.3, 0.4) is 0 Å². The molecule has 0 fully saturated rings. The Hall–Kier alpha value is -1.53. The number of hydrogen-bond donors (Lipinski definition) is 1. The summed E-state index contributed by atoms with van der Waals surface area (Å²) >= 11 is 6.55. The van der Waals surface area contributed by atoms with Gasteiger partial charge in [0.2, 0.25) is 5.13 Å². The first-order chi connectivity index (χ1) is 8.56. The lowest BCUT2D eigenvalue weighted by atomic mass is 10.1. The van der Waals surface area contributed by atoms with Crippen LogP contribution in [-0.2, 0) is 6.54 Å². The first-order valence-electron chi connectivity index (χ1n) is 5.46. The lowest BCUT2D eigenvalue weighted by Gasteiger charge is -2.15. The van der Waals surface area contributed by atoms with Crippen molar-refractivity contribution in [2.75, 3.05) is 11.9 Å². The molecule has 2 aromatic rings. The molecule has 94 valence electrons. The van der Waals surface area contributed by atoms with E-state index in [9.17, 15) is 0 Å². The summed E-state index contributed by atoms with van der Waals surface area (Å²) in [5.74, 6) is 0. The van der Waals surface area contributed by atoms with E-state index in [4.69, 9.17) is 18.0 Å². The van der Waals surface area contributed by atoms with Crippen LogP contribution < -0.4 is 10.6 Å². The molecule has 0 saturated heterocycles. The SMILES string of the molecule is Cc1nnc(N(C)Cc2cccc(C(N)=S)c2)s1. The van der Waals surface area contributed by atoms with Crippen molar-refractivity contribution in [1.82, 2.24) is 10.2 Å². The minimum atomic E-state index is 0.422. The Morgan fingerprint density at radius 1 is 1.44 bits per heavy atom. The summed E-state index contributed by atoms with van der Waals surface area (Å²) in [5, 5.41) is 10.0. The lowest BCUT2D eigenvalue weighted by Crippen LogP contribution is -2.17. The molecular formula is C12H14N4S2. The summed E-state index contributed by atoms with van der Waals surface area (Å²) in [6.07, 6.45) is 0. The molecule has 0 aliphatic heterocycles. The molecule has 2 rings (SSSR count). The fourth-order valence-corrected chi connectivity index (χ4v) is 2.38. The molecule has 0 bridgehead atoms. The first kappa shape index (κ1) is 12.9. The molecule has 4 nitrogen and oxygen atoms in total. The maximum atomic E-state index is 5.63. The van der Waals surface area contributed by atoms with Gasteiger partial charge in [0.15, 0.2) is 0 Å². The van der Waals surface area contributed by atoms with Gasteiger partial charge in [0.25, 0.3) is 0 Å². The highest BCUT2D eigenvalue weighted by Gasteiger charge is 2.08. The molecule has 1 heterocycles. The minimum Gasteiger partial charge on any atom is -0.389 e. The standard InChI is InChI=1S/C12H14N4S2/c1-8-14-15-12(18-8)16(2)7-9-4-3-5-10(6-9)11(13)17/h3-6H,7H2,1-2H3,(H2,13,17). The quantitative estimate of drug-likeness (QED) is 0.868. The van der Waals surface area contributed by atoms with Crippen LogP contribution in [0, 0.1) is 6.92 Å². The van der Waals surface area contributed by atoms with Gasteiger partial charge in [-0.2, -0.15) is 0 Å².